The van der Waals surface area contributed by atoms with Gasteiger partial charge in [0.2, 0.25) is 0 Å². The smallest absolute Gasteiger partial charge is 0.119 e. The number of ether oxygens (including phenoxy) is 1. The molecule has 2 aliphatic carbocycles. The van der Waals surface area contributed by atoms with Crippen LogP contribution in [-0.4, -0.2) is 6.61 Å². The van der Waals surface area contributed by atoms with Crippen molar-refractivity contribution in [1.29, 1.82) is 0 Å². The number of benzene rings is 7. The van der Waals surface area contributed by atoms with E-state index >= 15 is 0 Å². The van der Waals surface area contributed by atoms with E-state index in [4.69, 9.17) is 4.74 Å². The van der Waals surface area contributed by atoms with Crippen molar-refractivity contribution in [2.24, 2.45) is 0 Å². The largest absolute Gasteiger partial charge is 0.494 e. The molecule has 0 atom stereocenters. The van der Waals surface area contributed by atoms with Gasteiger partial charge in [-0.3, -0.25) is 0 Å². The van der Waals surface area contributed by atoms with Crippen LogP contribution in [0.1, 0.15) is 203 Å². The van der Waals surface area contributed by atoms with Gasteiger partial charge in [0, 0.05) is 5.41 Å². The monoisotopic (exact) mass is 979 g/mol. The summed E-state index contributed by atoms with van der Waals surface area (Å²) in [6, 6.07) is 60.2. The average Bonchev–Trinajstić information content (AvgIpc) is 3.90. The number of hydrogen-bond donors (Lipinski definition) is 0. The SMILES string of the molecule is CCCCCCCCCCCCOc1ccc(/C=C2/c3cc(-c4ccccc4)ccc3-c3ccc(-c4ccc5c(c4)C(CCCCCCCC)(CCCCCCCC)c4cc(-c6ccccc6)ccc4-5)cc32)cc1. The van der Waals surface area contributed by atoms with Crippen molar-refractivity contribution in [2.45, 2.75) is 180 Å². The van der Waals surface area contributed by atoms with E-state index < -0.39 is 0 Å². The Labute approximate surface area is 447 Å². The molecule has 0 unspecified atom stereocenters. The molecule has 0 fully saturated rings. The molecule has 0 bridgehead atoms. The van der Waals surface area contributed by atoms with Crippen LogP contribution in [0.3, 0.4) is 0 Å². The maximum Gasteiger partial charge on any atom is 0.119 e. The Kier molecular flexibility index (Phi) is 19.3. The van der Waals surface area contributed by atoms with Crippen LogP contribution in [0.5, 0.6) is 5.75 Å². The number of rotatable bonds is 30. The minimum absolute atomic E-state index is 0.0179. The van der Waals surface area contributed by atoms with Crippen LogP contribution < -0.4 is 4.74 Å². The Morgan fingerprint density at radius 3 is 1.16 bits per heavy atom. The third kappa shape index (κ3) is 12.9. The summed E-state index contributed by atoms with van der Waals surface area (Å²) in [7, 11) is 0. The summed E-state index contributed by atoms with van der Waals surface area (Å²) in [4.78, 5) is 0. The van der Waals surface area contributed by atoms with Gasteiger partial charge in [-0.2, -0.15) is 0 Å². The minimum atomic E-state index is -0.0179. The molecule has 74 heavy (non-hydrogen) atoms. The third-order valence-corrected chi connectivity index (χ3v) is 16.7. The Morgan fingerprint density at radius 2 is 0.703 bits per heavy atom. The van der Waals surface area contributed by atoms with Crippen molar-refractivity contribution in [3.05, 3.63) is 186 Å². The highest BCUT2D eigenvalue weighted by Crippen LogP contribution is 2.56. The van der Waals surface area contributed by atoms with E-state index in [1.807, 2.05) is 0 Å². The summed E-state index contributed by atoms with van der Waals surface area (Å²) < 4.78 is 6.30. The van der Waals surface area contributed by atoms with Gasteiger partial charge in [-0.1, -0.05) is 277 Å². The van der Waals surface area contributed by atoms with Crippen molar-refractivity contribution in [3.63, 3.8) is 0 Å². The number of hydrogen-bond acceptors (Lipinski definition) is 1. The highest BCUT2D eigenvalue weighted by molar-refractivity contribution is 6.08. The van der Waals surface area contributed by atoms with Crippen molar-refractivity contribution >= 4 is 11.6 Å². The zero-order valence-electron chi connectivity index (χ0n) is 45.7. The van der Waals surface area contributed by atoms with Crippen LogP contribution in [0.25, 0.3) is 67.3 Å². The van der Waals surface area contributed by atoms with Gasteiger partial charge in [0.25, 0.3) is 0 Å². The summed E-state index contributed by atoms with van der Waals surface area (Å²) >= 11 is 0. The second-order valence-electron chi connectivity index (χ2n) is 22.0. The summed E-state index contributed by atoms with van der Waals surface area (Å²) in [5.74, 6) is 0.961. The predicted octanol–water partition coefficient (Wildman–Crippen LogP) is 22.3. The molecule has 2 aliphatic rings. The molecule has 0 radical (unpaired) electrons. The molecule has 384 valence electrons. The fourth-order valence-corrected chi connectivity index (χ4v) is 12.5. The highest BCUT2D eigenvalue weighted by Gasteiger charge is 2.43. The van der Waals surface area contributed by atoms with E-state index in [0.29, 0.717) is 0 Å². The lowest BCUT2D eigenvalue weighted by Crippen LogP contribution is -2.25. The van der Waals surface area contributed by atoms with Crippen molar-refractivity contribution < 1.29 is 4.74 Å². The summed E-state index contributed by atoms with van der Waals surface area (Å²) in [5.41, 5.74) is 21.5. The summed E-state index contributed by atoms with van der Waals surface area (Å²) in [6.45, 7) is 7.74. The lowest BCUT2D eigenvalue weighted by Gasteiger charge is -2.33. The first-order valence-corrected chi connectivity index (χ1v) is 29.7. The van der Waals surface area contributed by atoms with Gasteiger partial charge >= 0.3 is 0 Å². The van der Waals surface area contributed by atoms with Crippen LogP contribution >= 0.6 is 0 Å². The van der Waals surface area contributed by atoms with Crippen LogP contribution in [0, 0.1) is 0 Å². The van der Waals surface area contributed by atoms with Crippen molar-refractivity contribution in [3.8, 4) is 61.4 Å². The Balaban J connectivity index is 1.03. The maximum atomic E-state index is 6.30. The minimum Gasteiger partial charge on any atom is -0.494 e. The van der Waals surface area contributed by atoms with E-state index in [0.717, 1.165) is 18.8 Å². The van der Waals surface area contributed by atoms with Crippen LogP contribution in [0.15, 0.2) is 158 Å². The molecule has 0 amide bonds. The van der Waals surface area contributed by atoms with Crippen LogP contribution in [-0.2, 0) is 5.41 Å². The molecule has 0 saturated carbocycles. The first kappa shape index (κ1) is 52.9. The lowest BCUT2D eigenvalue weighted by molar-refractivity contribution is 0.304. The Morgan fingerprint density at radius 1 is 0.324 bits per heavy atom. The van der Waals surface area contributed by atoms with E-state index in [9.17, 15) is 0 Å². The normalized spacial score (nSPS) is 13.5. The quantitative estimate of drug-likeness (QED) is 0.0408. The first-order valence-electron chi connectivity index (χ1n) is 29.7. The second kappa shape index (κ2) is 27.0. The average molecular weight is 979 g/mol. The second-order valence-corrected chi connectivity index (χ2v) is 22.0. The highest BCUT2D eigenvalue weighted by atomic mass is 16.5. The molecule has 0 saturated heterocycles. The molecule has 1 nitrogen and oxygen atoms in total. The molecule has 0 spiro atoms. The standard InChI is InChI=1S/C73H86O/c1-4-7-10-13-16-17-18-19-22-31-50-74-63-42-36-56(37-43-63)51-68-69-52-59(57-32-25-23-26-33-57)38-44-64(69)65-45-39-60(53-70(65)68)62-41-47-67-66-46-40-61(58-34-27-24-28-35-58)54-71(66)73(72(67)55-62,48-29-20-14-11-8-5-2)49-30-21-15-12-9-6-3/h23-28,32-47,51-55H,4-22,29-31,48-50H2,1-3H3/b68-51-. The molecule has 0 N–H and O–H groups in total. The number of unbranched alkanes of at least 4 members (excludes halogenated alkanes) is 19. The first-order chi connectivity index (χ1) is 36.6. The molecule has 7 aromatic rings. The van der Waals surface area contributed by atoms with E-state index in [-0.39, 0.29) is 5.41 Å². The van der Waals surface area contributed by atoms with Gasteiger partial charge in [0.15, 0.2) is 0 Å². The van der Waals surface area contributed by atoms with Crippen LogP contribution in [0.2, 0.25) is 0 Å². The maximum absolute atomic E-state index is 6.30. The zero-order valence-corrected chi connectivity index (χ0v) is 45.7. The molecule has 0 aromatic heterocycles. The van der Waals surface area contributed by atoms with Gasteiger partial charge in [-0.25, -0.2) is 0 Å². The van der Waals surface area contributed by atoms with E-state index in [2.05, 4.69) is 185 Å². The molecule has 9 rings (SSSR count). The molecular weight excluding hydrogens is 893 g/mol. The molecule has 7 aromatic carbocycles. The van der Waals surface area contributed by atoms with Gasteiger partial charge in [0.1, 0.15) is 5.75 Å². The van der Waals surface area contributed by atoms with Crippen LogP contribution in [0.4, 0.5) is 0 Å². The van der Waals surface area contributed by atoms with Crippen molar-refractivity contribution in [1.82, 2.24) is 0 Å². The third-order valence-electron chi connectivity index (χ3n) is 16.7. The summed E-state index contributed by atoms with van der Waals surface area (Å²) in [5, 5.41) is 0. The van der Waals surface area contributed by atoms with Gasteiger partial charge in [0.05, 0.1) is 6.61 Å². The molecule has 0 aliphatic heterocycles. The predicted molar refractivity (Wildman–Crippen MR) is 321 cm³/mol. The van der Waals surface area contributed by atoms with Crippen molar-refractivity contribution in [2.75, 3.05) is 6.61 Å². The van der Waals surface area contributed by atoms with E-state index in [1.54, 1.807) is 11.1 Å². The van der Waals surface area contributed by atoms with Gasteiger partial charge < -0.3 is 4.74 Å². The fraction of sp³-hybridized carbons (Fsp3) is 0.397. The zero-order chi connectivity index (χ0) is 50.8. The lowest BCUT2D eigenvalue weighted by atomic mass is 9.70. The van der Waals surface area contributed by atoms with E-state index in [1.165, 1.54) is 226 Å². The molecular formula is C73H86O. The topological polar surface area (TPSA) is 9.23 Å². The molecule has 1 heteroatoms. The Hall–Kier alpha value is -5.92. The fourth-order valence-electron chi connectivity index (χ4n) is 12.5. The van der Waals surface area contributed by atoms with Gasteiger partial charge in [-0.15, -0.1) is 0 Å². The number of fused-ring (bicyclic) bond motifs is 6. The molecule has 0 heterocycles. The Bertz CT molecular complexity index is 2850. The summed E-state index contributed by atoms with van der Waals surface area (Å²) in [6.07, 6.45) is 33.9. The van der Waals surface area contributed by atoms with Gasteiger partial charge in [-0.05, 0) is 151 Å².